The number of thiophene rings is 1. The summed E-state index contributed by atoms with van der Waals surface area (Å²) in [5.41, 5.74) is 11.9. The molecule has 1 aromatic carbocycles. The van der Waals surface area contributed by atoms with Crippen molar-refractivity contribution in [2.45, 2.75) is 19.9 Å². The highest BCUT2D eigenvalue weighted by Crippen LogP contribution is 2.34. The number of rotatable bonds is 4. The maximum atomic E-state index is 13.9. The summed E-state index contributed by atoms with van der Waals surface area (Å²) in [4.78, 5) is 2.41. The van der Waals surface area contributed by atoms with E-state index in [1.165, 1.54) is 10.9 Å². The van der Waals surface area contributed by atoms with Crippen molar-refractivity contribution in [2.24, 2.45) is 0 Å². The fraction of sp³-hybridized carbons (Fsp3) is 0.231. The maximum absolute atomic E-state index is 13.9. The molecule has 0 atom stereocenters. The Morgan fingerprint density at radius 2 is 1.95 bits per heavy atom. The van der Waals surface area contributed by atoms with E-state index < -0.39 is 5.82 Å². The number of nitrogen functional groups attached to an aromatic ring is 2. The van der Waals surface area contributed by atoms with Gasteiger partial charge in [-0.15, -0.1) is 11.3 Å². The third-order valence-corrected chi connectivity index (χ3v) is 4.38. The molecule has 0 aliphatic heterocycles. The molecule has 2 aromatic rings. The van der Waals surface area contributed by atoms with Gasteiger partial charge in [-0.05, 0) is 24.6 Å². The van der Waals surface area contributed by atoms with E-state index in [1.807, 2.05) is 6.07 Å². The van der Waals surface area contributed by atoms with E-state index >= 15 is 0 Å². The zero-order valence-corrected chi connectivity index (χ0v) is 12.0. The molecular weight excluding hydrogens is 285 g/mol. The topological polar surface area (TPSA) is 64.1 Å². The molecule has 0 unspecified atom stereocenters. The van der Waals surface area contributed by atoms with Crippen LogP contribution in [0.1, 0.15) is 16.7 Å². The Hall–Kier alpha value is -1.46. The van der Waals surface area contributed by atoms with Crippen molar-refractivity contribution in [3.05, 3.63) is 38.8 Å². The summed E-state index contributed by atoms with van der Waals surface area (Å²) in [5, 5.41) is 2.87. The predicted molar refractivity (Wildman–Crippen MR) is 81.3 cm³/mol. The van der Waals surface area contributed by atoms with Gasteiger partial charge in [0.25, 0.3) is 0 Å². The highest BCUT2D eigenvalue weighted by atomic mass is 35.5. The summed E-state index contributed by atoms with van der Waals surface area (Å²) < 4.78 is 13.9. The Labute approximate surface area is 120 Å². The van der Waals surface area contributed by atoms with Crippen LogP contribution in [-0.2, 0) is 13.0 Å². The number of aryl methyl sites for hydroxylation is 1. The summed E-state index contributed by atoms with van der Waals surface area (Å²) in [7, 11) is 0. The smallest absolute Gasteiger partial charge is 0.169 e. The van der Waals surface area contributed by atoms with Crippen LogP contribution in [0.5, 0.6) is 0 Å². The van der Waals surface area contributed by atoms with Crippen molar-refractivity contribution in [1.82, 2.24) is 0 Å². The first-order chi connectivity index (χ1) is 9.02. The van der Waals surface area contributed by atoms with Crippen molar-refractivity contribution >= 4 is 40.0 Å². The van der Waals surface area contributed by atoms with Crippen LogP contribution >= 0.6 is 22.9 Å². The van der Waals surface area contributed by atoms with Crippen LogP contribution < -0.4 is 16.8 Å². The third kappa shape index (κ3) is 2.93. The highest BCUT2D eigenvalue weighted by Gasteiger charge is 2.14. The lowest BCUT2D eigenvalue weighted by atomic mass is 10.2. The first-order valence-electron chi connectivity index (χ1n) is 5.87. The monoisotopic (exact) mass is 299 g/mol. The minimum atomic E-state index is -0.605. The molecule has 0 aliphatic carbocycles. The highest BCUT2D eigenvalue weighted by molar-refractivity contribution is 7.12. The Morgan fingerprint density at radius 1 is 1.26 bits per heavy atom. The molecule has 0 saturated heterocycles. The van der Waals surface area contributed by atoms with Crippen LogP contribution in [0.4, 0.5) is 21.5 Å². The van der Waals surface area contributed by atoms with Crippen molar-refractivity contribution in [1.29, 1.82) is 0 Å². The molecule has 5 N–H and O–H groups in total. The lowest BCUT2D eigenvalue weighted by molar-refractivity contribution is 0.632. The summed E-state index contributed by atoms with van der Waals surface area (Å²) in [6.45, 7) is 2.60. The van der Waals surface area contributed by atoms with Crippen LogP contribution in [0.3, 0.4) is 0 Å². The minimum absolute atomic E-state index is 0.0999. The van der Waals surface area contributed by atoms with Crippen molar-refractivity contribution in [3.8, 4) is 0 Å². The van der Waals surface area contributed by atoms with Gasteiger partial charge in [-0.1, -0.05) is 18.5 Å². The average molecular weight is 300 g/mol. The third-order valence-electron chi connectivity index (χ3n) is 2.77. The van der Waals surface area contributed by atoms with Crippen LogP contribution in [0, 0.1) is 5.82 Å². The largest absolute Gasteiger partial charge is 0.397 e. The molecule has 2 rings (SSSR count). The van der Waals surface area contributed by atoms with Gasteiger partial charge in [-0.2, -0.15) is 0 Å². The van der Waals surface area contributed by atoms with Crippen molar-refractivity contribution in [3.63, 3.8) is 0 Å². The number of anilines is 3. The minimum Gasteiger partial charge on any atom is -0.397 e. The Balaban J connectivity index is 2.17. The van der Waals surface area contributed by atoms with E-state index in [2.05, 4.69) is 18.3 Å². The molecule has 0 fully saturated rings. The standard InChI is InChI=1S/C13H15ClFN3S/c1-2-7-3-4-8(19-7)6-18-13-10(17)5-9(16)11(14)12(13)15/h3-5,18H,2,6,16-17H2,1H3. The zero-order valence-electron chi connectivity index (χ0n) is 10.5. The maximum Gasteiger partial charge on any atom is 0.169 e. The van der Waals surface area contributed by atoms with Crippen LogP contribution in [0.15, 0.2) is 18.2 Å². The van der Waals surface area contributed by atoms with E-state index in [0.717, 1.165) is 11.3 Å². The van der Waals surface area contributed by atoms with Crippen molar-refractivity contribution in [2.75, 3.05) is 16.8 Å². The Morgan fingerprint density at radius 3 is 2.58 bits per heavy atom. The Bertz CT molecular complexity index is 598. The second-order valence-corrected chi connectivity index (χ2v) is 5.76. The number of hydrogen-bond acceptors (Lipinski definition) is 4. The normalized spacial score (nSPS) is 10.7. The van der Waals surface area contributed by atoms with Crippen LogP contribution in [0.2, 0.25) is 5.02 Å². The van der Waals surface area contributed by atoms with Gasteiger partial charge < -0.3 is 16.8 Å². The van der Waals surface area contributed by atoms with E-state index in [4.69, 9.17) is 23.1 Å². The second kappa shape index (κ2) is 5.67. The predicted octanol–water partition coefficient (Wildman–Crippen LogP) is 3.88. The summed E-state index contributed by atoms with van der Waals surface area (Å²) in [6.07, 6.45) is 0.995. The number of benzene rings is 1. The molecule has 0 radical (unpaired) electrons. The molecule has 0 spiro atoms. The van der Waals surface area contributed by atoms with Gasteiger partial charge in [0.05, 0.1) is 17.1 Å². The molecule has 1 aromatic heterocycles. The van der Waals surface area contributed by atoms with Gasteiger partial charge in [0.15, 0.2) is 5.82 Å². The molecule has 1 heterocycles. The molecular formula is C13H15ClFN3S. The second-order valence-electron chi connectivity index (χ2n) is 4.13. The van der Waals surface area contributed by atoms with Gasteiger partial charge in [0.1, 0.15) is 5.02 Å². The number of nitrogens with two attached hydrogens (primary N) is 2. The van der Waals surface area contributed by atoms with Gasteiger partial charge >= 0.3 is 0 Å². The summed E-state index contributed by atoms with van der Waals surface area (Å²) >= 11 is 7.46. The van der Waals surface area contributed by atoms with E-state index in [1.54, 1.807) is 11.3 Å². The van der Waals surface area contributed by atoms with Gasteiger partial charge in [-0.25, -0.2) is 4.39 Å². The molecule has 0 saturated carbocycles. The quantitative estimate of drug-likeness (QED) is 0.751. The number of hydrogen-bond donors (Lipinski definition) is 3. The molecule has 19 heavy (non-hydrogen) atoms. The van der Waals surface area contributed by atoms with E-state index in [0.29, 0.717) is 6.54 Å². The van der Waals surface area contributed by atoms with Gasteiger partial charge in [0.2, 0.25) is 0 Å². The van der Waals surface area contributed by atoms with E-state index in [9.17, 15) is 4.39 Å². The van der Waals surface area contributed by atoms with E-state index in [-0.39, 0.29) is 22.1 Å². The van der Waals surface area contributed by atoms with Crippen LogP contribution in [-0.4, -0.2) is 0 Å². The number of nitrogens with one attached hydrogen (secondary N) is 1. The SMILES string of the molecule is CCc1ccc(CNc2c(N)cc(N)c(Cl)c2F)s1. The first-order valence-corrected chi connectivity index (χ1v) is 7.06. The average Bonchev–Trinajstić information content (AvgIpc) is 2.84. The Kier molecular flexibility index (Phi) is 4.17. The fourth-order valence-corrected chi connectivity index (χ4v) is 2.78. The van der Waals surface area contributed by atoms with Crippen LogP contribution in [0.25, 0.3) is 0 Å². The first kappa shape index (κ1) is 14.0. The fourth-order valence-electron chi connectivity index (χ4n) is 1.73. The summed E-state index contributed by atoms with van der Waals surface area (Å²) in [5.74, 6) is -0.605. The summed E-state index contributed by atoms with van der Waals surface area (Å²) in [6, 6.07) is 5.54. The molecule has 0 amide bonds. The molecule has 102 valence electrons. The lowest BCUT2D eigenvalue weighted by Gasteiger charge is -2.12. The number of halogens is 2. The lowest BCUT2D eigenvalue weighted by Crippen LogP contribution is -2.05. The van der Waals surface area contributed by atoms with Crippen molar-refractivity contribution < 1.29 is 4.39 Å². The molecule has 0 aliphatic rings. The zero-order chi connectivity index (χ0) is 14.0. The molecule has 6 heteroatoms. The van der Waals surface area contributed by atoms with Gasteiger partial charge in [-0.3, -0.25) is 0 Å². The molecule has 3 nitrogen and oxygen atoms in total. The van der Waals surface area contributed by atoms with Gasteiger partial charge in [0, 0.05) is 16.3 Å². The molecule has 0 bridgehead atoms.